The van der Waals surface area contributed by atoms with E-state index in [-0.39, 0.29) is 27.8 Å². The molecule has 3 aromatic rings. The van der Waals surface area contributed by atoms with Crippen LogP contribution in [0.25, 0.3) is 17.2 Å². The Morgan fingerprint density at radius 1 is 1.04 bits per heavy atom. The molecule has 2 saturated heterocycles. The average molecular weight is 720 g/mol. The Balaban J connectivity index is 1.33. The number of thiocarbonyl (C=S) groups is 1. The second-order valence-electron chi connectivity index (χ2n) is 10.8. The lowest BCUT2D eigenvalue weighted by atomic mass is 10.0. The first-order valence-electron chi connectivity index (χ1n) is 14.7. The van der Waals surface area contributed by atoms with E-state index in [0.29, 0.717) is 54.5 Å². The van der Waals surface area contributed by atoms with E-state index < -0.39 is 34.5 Å². The smallest absolute Gasteiger partial charge is 0.417 e. The van der Waals surface area contributed by atoms with E-state index in [2.05, 4.69) is 10.2 Å². The zero-order chi connectivity index (χ0) is 34.4. The van der Waals surface area contributed by atoms with Crippen molar-refractivity contribution in [2.45, 2.75) is 12.6 Å². The molecule has 2 heterocycles. The topological polar surface area (TPSA) is 108 Å². The van der Waals surface area contributed by atoms with Gasteiger partial charge in [-0.1, -0.05) is 47.7 Å². The van der Waals surface area contributed by atoms with Crippen molar-refractivity contribution in [3.05, 3.63) is 87.3 Å². The molecule has 2 aliphatic heterocycles. The number of nitrogens with zero attached hydrogens (tertiary/aromatic N) is 2. The molecule has 2 fully saturated rings. The molecule has 0 atom stereocenters. The highest BCUT2D eigenvalue weighted by molar-refractivity contribution is 8.26. The third-order valence-electron chi connectivity index (χ3n) is 7.52. The lowest BCUT2D eigenvalue weighted by Crippen LogP contribution is -2.38. The van der Waals surface area contributed by atoms with Crippen LogP contribution in [0.15, 0.2) is 65.6 Å². The maximum atomic E-state index is 13.4. The Morgan fingerprint density at radius 3 is 2.40 bits per heavy atom. The predicted octanol–water partition coefficient (Wildman–Crippen LogP) is 6.67. The second kappa shape index (κ2) is 15.5. The summed E-state index contributed by atoms with van der Waals surface area (Å²) in [6.07, 6.45) is -3.05. The van der Waals surface area contributed by atoms with Gasteiger partial charge in [-0.2, -0.15) is 13.2 Å². The number of carbonyl (C=O) groups is 3. The lowest BCUT2D eigenvalue weighted by molar-refractivity contribution is -0.137. The third kappa shape index (κ3) is 8.94. The molecule has 0 saturated carbocycles. The first kappa shape index (κ1) is 35.4. The Bertz CT molecular complexity index is 1750. The van der Waals surface area contributed by atoms with Crippen molar-refractivity contribution in [2.75, 3.05) is 51.3 Å². The predicted molar refractivity (Wildman–Crippen MR) is 181 cm³/mol. The number of rotatable bonds is 11. The van der Waals surface area contributed by atoms with Crippen molar-refractivity contribution in [3.63, 3.8) is 0 Å². The van der Waals surface area contributed by atoms with Crippen LogP contribution in [0, 0.1) is 0 Å². The Morgan fingerprint density at radius 2 is 1.73 bits per heavy atom. The summed E-state index contributed by atoms with van der Waals surface area (Å²) < 4.78 is 51.7. The van der Waals surface area contributed by atoms with Gasteiger partial charge in [0.1, 0.15) is 16.7 Å². The highest BCUT2D eigenvalue weighted by Gasteiger charge is 2.34. The van der Waals surface area contributed by atoms with Gasteiger partial charge in [-0.05, 0) is 65.7 Å². The van der Waals surface area contributed by atoms with Crippen molar-refractivity contribution < 1.29 is 42.1 Å². The second-order valence-corrected chi connectivity index (χ2v) is 12.8. The summed E-state index contributed by atoms with van der Waals surface area (Å²) in [4.78, 5) is 40.9. The number of hydrogen-bond acceptors (Lipinski definition) is 8. The molecule has 0 aliphatic carbocycles. The van der Waals surface area contributed by atoms with Gasteiger partial charge < -0.3 is 19.9 Å². The molecule has 5 rings (SSSR count). The van der Waals surface area contributed by atoms with Crippen LogP contribution in [0.1, 0.15) is 27.9 Å². The van der Waals surface area contributed by atoms with Gasteiger partial charge in [0, 0.05) is 43.9 Å². The molecule has 0 unspecified atom stereocenters. The van der Waals surface area contributed by atoms with E-state index in [1.807, 2.05) is 0 Å². The van der Waals surface area contributed by atoms with Crippen molar-refractivity contribution >= 4 is 69.4 Å². The number of carboxylic acids is 1. The number of halogens is 4. The molecule has 0 radical (unpaired) electrons. The van der Waals surface area contributed by atoms with E-state index in [9.17, 15) is 27.6 Å². The Hall–Kier alpha value is -3.95. The van der Waals surface area contributed by atoms with Crippen molar-refractivity contribution in [1.29, 1.82) is 0 Å². The highest BCUT2D eigenvalue weighted by atomic mass is 35.5. The number of hydrogen-bond donors (Lipinski definition) is 2. The lowest BCUT2D eigenvalue weighted by Gasteiger charge is -2.26. The van der Waals surface area contributed by atoms with Crippen molar-refractivity contribution in [2.24, 2.45) is 0 Å². The molecule has 0 bridgehead atoms. The number of nitrogens with one attached hydrogen (secondary N) is 1. The van der Waals surface area contributed by atoms with E-state index in [0.717, 1.165) is 30.9 Å². The van der Waals surface area contributed by atoms with Crippen molar-refractivity contribution in [1.82, 2.24) is 9.80 Å². The van der Waals surface area contributed by atoms with E-state index in [1.54, 1.807) is 24.3 Å². The number of benzene rings is 3. The van der Waals surface area contributed by atoms with Crippen LogP contribution in [0.4, 0.5) is 18.9 Å². The van der Waals surface area contributed by atoms with E-state index in [1.165, 1.54) is 41.3 Å². The van der Waals surface area contributed by atoms with Gasteiger partial charge in [-0.3, -0.25) is 19.4 Å². The fourth-order valence-corrected chi connectivity index (χ4v) is 6.56. The molecule has 252 valence electrons. The Labute approximate surface area is 288 Å². The molecule has 3 aromatic carbocycles. The van der Waals surface area contributed by atoms with Crippen LogP contribution in [-0.4, -0.2) is 83.0 Å². The minimum atomic E-state index is -4.60. The minimum absolute atomic E-state index is 0.00798. The van der Waals surface area contributed by atoms with Crippen LogP contribution < -0.4 is 10.1 Å². The van der Waals surface area contributed by atoms with Gasteiger partial charge >= 0.3 is 12.1 Å². The van der Waals surface area contributed by atoms with E-state index >= 15 is 0 Å². The minimum Gasteiger partial charge on any atom is -0.492 e. The quantitative estimate of drug-likeness (QED) is 0.166. The summed E-state index contributed by atoms with van der Waals surface area (Å²) in [5, 5.41) is 11.3. The summed E-state index contributed by atoms with van der Waals surface area (Å²) in [5.41, 5.74) is 1.06. The number of amides is 2. The zero-order valence-corrected chi connectivity index (χ0v) is 27.6. The number of thioether (sulfide) groups is 1. The van der Waals surface area contributed by atoms with Crippen LogP contribution in [-0.2, 0) is 20.5 Å². The van der Waals surface area contributed by atoms with Crippen molar-refractivity contribution in [3.8, 4) is 16.9 Å². The first-order chi connectivity index (χ1) is 22.9. The molecule has 48 heavy (non-hydrogen) atoms. The molecule has 0 aromatic heterocycles. The largest absolute Gasteiger partial charge is 0.492 e. The summed E-state index contributed by atoms with van der Waals surface area (Å²) in [6.45, 7) is 3.84. The fraction of sp³-hybridized carbons (Fsp3) is 0.273. The van der Waals surface area contributed by atoms with Gasteiger partial charge in [-0.25, -0.2) is 4.79 Å². The third-order valence-corrected chi connectivity index (χ3v) is 9.22. The maximum Gasteiger partial charge on any atom is 0.417 e. The number of carbonyl (C=O) groups excluding carboxylic acids is 2. The molecule has 2 amide bonds. The van der Waals surface area contributed by atoms with Crippen LogP contribution >= 0.6 is 35.6 Å². The summed E-state index contributed by atoms with van der Waals surface area (Å²) in [6, 6.07) is 14.3. The molecule has 2 N–H and O–H groups in total. The van der Waals surface area contributed by atoms with Gasteiger partial charge in [0.15, 0.2) is 0 Å². The standard InChI is InChI=1S/C33H29ClF3N3O6S2/c34-26-18-22(3-7-25(26)33(35,36)37)21-4-8-27(46-16-13-39-11-14-45-15-12-39)23(17-21)19-28-30(42)40(32(47)48-28)10-9-29(41)38-24-5-1-20(2-6-24)31(43)44/h1-8,17-19H,9-16H2,(H,38,41)(H,43,44). The first-order valence-corrected chi connectivity index (χ1v) is 16.3. The highest BCUT2D eigenvalue weighted by Crippen LogP contribution is 2.39. The van der Waals surface area contributed by atoms with Gasteiger partial charge in [0.25, 0.3) is 5.91 Å². The Kier molecular flexibility index (Phi) is 11.4. The number of alkyl halides is 3. The number of aromatic carboxylic acids is 1. The SMILES string of the molecule is O=C(CCN1C(=O)C(=Cc2cc(-c3ccc(C(F)(F)F)c(Cl)c3)ccc2OCCN2CCOCC2)SC1=S)Nc1ccc(C(=O)O)cc1. The van der Waals surface area contributed by atoms with E-state index in [4.69, 9.17) is 38.4 Å². The zero-order valence-electron chi connectivity index (χ0n) is 25.2. The number of morpholine rings is 1. The average Bonchev–Trinajstić information content (AvgIpc) is 3.31. The summed E-state index contributed by atoms with van der Waals surface area (Å²) in [5.74, 6) is -1.43. The summed E-state index contributed by atoms with van der Waals surface area (Å²) >= 11 is 12.5. The normalized spacial score (nSPS) is 16.4. The molecule has 9 nitrogen and oxygen atoms in total. The number of anilines is 1. The fourth-order valence-electron chi connectivity index (χ4n) is 4.97. The summed E-state index contributed by atoms with van der Waals surface area (Å²) in [7, 11) is 0. The van der Waals surface area contributed by atoms with Crippen LogP contribution in [0.5, 0.6) is 5.75 Å². The number of carboxylic acid groups (broad SMARTS) is 1. The monoisotopic (exact) mass is 719 g/mol. The van der Waals surface area contributed by atoms with Gasteiger partial charge in [-0.15, -0.1) is 0 Å². The van der Waals surface area contributed by atoms with Crippen LogP contribution in [0.2, 0.25) is 5.02 Å². The van der Waals surface area contributed by atoms with Gasteiger partial charge in [0.2, 0.25) is 5.91 Å². The molecular formula is C33H29ClF3N3O6S2. The molecular weight excluding hydrogens is 691 g/mol. The van der Waals surface area contributed by atoms with Gasteiger partial charge in [0.05, 0.1) is 34.3 Å². The molecule has 2 aliphatic rings. The maximum absolute atomic E-state index is 13.4. The van der Waals surface area contributed by atoms with Crippen LogP contribution in [0.3, 0.4) is 0 Å². The number of ether oxygens (including phenoxy) is 2. The molecule has 15 heteroatoms. The molecule has 0 spiro atoms.